The minimum atomic E-state index is -0.388. The van der Waals surface area contributed by atoms with Gasteiger partial charge in [0.05, 0.1) is 18.6 Å². The monoisotopic (exact) mass is 273 g/mol. The van der Waals surface area contributed by atoms with Crippen molar-refractivity contribution in [3.05, 3.63) is 35.4 Å². The molecule has 3 atom stereocenters. The number of aliphatic hydroxyl groups is 1. The van der Waals surface area contributed by atoms with Crippen LogP contribution in [0, 0.1) is 5.92 Å². The molecule has 1 fully saturated rings. The molecule has 0 aromatic heterocycles. The Kier molecular flexibility index (Phi) is 2.54. The van der Waals surface area contributed by atoms with Crippen molar-refractivity contribution in [3.8, 4) is 0 Å². The SMILES string of the molecule is [3H]OC[C@@H]1C2c3ccccc3C(C)(C)C2C(=O)N1C(B)=O. The average molecular weight is 273 g/mol. The molecule has 0 saturated carbocycles. The Balaban J connectivity index is 2.16. The molecule has 5 heteroatoms. The zero-order valence-electron chi connectivity index (χ0n) is 12.9. The first-order valence-corrected chi connectivity index (χ1v) is 6.92. The molecule has 0 radical (unpaired) electrons. The Morgan fingerprint density at radius 3 is 2.85 bits per heavy atom. The van der Waals surface area contributed by atoms with Crippen LogP contribution in [0.25, 0.3) is 0 Å². The van der Waals surface area contributed by atoms with Crippen molar-refractivity contribution in [1.82, 2.24) is 4.90 Å². The molecule has 2 aliphatic rings. The van der Waals surface area contributed by atoms with Crippen LogP contribution < -0.4 is 0 Å². The maximum atomic E-state index is 12.8. The molecule has 4 nitrogen and oxygen atoms in total. The summed E-state index contributed by atoms with van der Waals surface area (Å²) in [6.07, 6.45) is 0. The van der Waals surface area contributed by atoms with Crippen molar-refractivity contribution in [1.29, 1.82) is 1.43 Å². The number of carbonyl (C=O) groups is 2. The van der Waals surface area contributed by atoms with Gasteiger partial charge in [-0.15, -0.1) is 0 Å². The number of aliphatic hydroxyl groups excluding tert-OH is 1. The third kappa shape index (κ3) is 1.47. The number of likely N-dealkylation sites (tertiary alicyclic amines) is 1. The van der Waals surface area contributed by atoms with Crippen LogP contribution in [0.1, 0.15) is 30.9 Å². The summed E-state index contributed by atoms with van der Waals surface area (Å²) in [6.45, 7) is 4.16. The number of rotatable bonds is 2. The Labute approximate surface area is 120 Å². The number of hydrogen-bond donors (Lipinski definition) is 1. The maximum absolute atomic E-state index is 12.8. The van der Waals surface area contributed by atoms with E-state index >= 15 is 0 Å². The van der Waals surface area contributed by atoms with E-state index < -0.39 is 0 Å². The second-order valence-corrected chi connectivity index (χ2v) is 6.27. The largest absolute Gasteiger partial charge is 0.394 e. The van der Waals surface area contributed by atoms with Gasteiger partial charge >= 0.3 is 0 Å². The zero-order valence-corrected chi connectivity index (χ0v) is 11.9. The minimum Gasteiger partial charge on any atom is -0.394 e. The van der Waals surface area contributed by atoms with Crippen molar-refractivity contribution < 1.29 is 14.7 Å². The average Bonchev–Trinajstić information content (AvgIpc) is 2.84. The molecule has 2 unspecified atom stereocenters. The zero-order chi connectivity index (χ0) is 15.4. The summed E-state index contributed by atoms with van der Waals surface area (Å²) >= 11 is 0. The van der Waals surface area contributed by atoms with Crippen molar-refractivity contribution in [2.24, 2.45) is 5.92 Å². The predicted octanol–water partition coefficient (Wildman–Crippen LogP) is 0.634. The highest BCUT2D eigenvalue weighted by Crippen LogP contribution is 2.56. The van der Waals surface area contributed by atoms with Crippen LogP contribution in [-0.2, 0) is 10.2 Å². The molecule has 1 N–H and O–H groups in total. The number of nitrogens with zero attached hydrogens (tertiary/aromatic N) is 1. The van der Waals surface area contributed by atoms with Crippen LogP contribution in [0.2, 0.25) is 0 Å². The molecule has 2 amide bonds. The molecule has 1 aromatic carbocycles. The van der Waals surface area contributed by atoms with Gasteiger partial charge in [0, 0.05) is 11.3 Å². The van der Waals surface area contributed by atoms with E-state index in [0.29, 0.717) is 0 Å². The number of benzene rings is 1. The highest BCUT2D eigenvalue weighted by Gasteiger charge is 2.60. The van der Waals surface area contributed by atoms with Gasteiger partial charge in [-0.3, -0.25) is 14.5 Å². The quantitative estimate of drug-likeness (QED) is 0.804. The Hall–Kier alpha value is -1.62. The Bertz CT molecular complexity index is 619. The molecule has 1 aliphatic heterocycles. The van der Waals surface area contributed by atoms with Gasteiger partial charge in [0.15, 0.2) is 5.81 Å². The number of hydrogen-bond acceptors (Lipinski definition) is 3. The normalized spacial score (nSPS) is 30.9. The van der Waals surface area contributed by atoms with Crippen LogP contribution in [-0.4, -0.2) is 43.6 Å². The smallest absolute Gasteiger partial charge is 0.233 e. The molecule has 0 spiro atoms. The molecule has 3 rings (SSSR count). The first-order chi connectivity index (χ1) is 9.91. The molecule has 1 heterocycles. The maximum Gasteiger partial charge on any atom is 0.233 e. The van der Waals surface area contributed by atoms with E-state index in [9.17, 15) is 9.59 Å². The standard InChI is InChI=1S/C15H18BNO3/c1-15(2)9-6-4-3-5-8(9)11-10(7-18)17(14(16)20)13(19)12(11)15/h3-6,10-12,18H,7,16H2,1-2H3/t10-,11?,12?/m1/s1/i18T. The summed E-state index contributed by atoms with van der Waals surface area (Å²) in [5.41, 5.74) is 1.95. The molecule has 104 valence electrons. The second-order valence-electron chi connectivity index (χ2n) is 6.27. The summed E-state index contributed by atoms with van der Waals surface area (Å²) in [6, 6.07) is 7.62. The van der Waals surface area contributed by atoms with Gasteiger partial charge in [-0.05, 0) is 11.1 Å². The first kappa shape index (κ1) is 12.2. The number of amides is 2. The van der Waals surface area contributed by atoms with Crippen molar-refractivity contribution in [3.63, 3.8) is 0 Å². The molecule has 1 aliphatic carbocycles. The van der Waals surface area contributed by atoms with Gasteiger partial charge < -0.3 is 5.11 Å². The molecule has 1 aromatic rings. The summed E-state index contributed by atoms with van der Waals surface area (Å²) in [7, 11) is 1.40. The molecular formula is C15H18BNO3. The lowest BCUT2D eigenvalue weighted by molar-refractivity contribution is -0.130. The highest BCUT2D eigenvalue weighted by molar-refractivity contribution is 6.58. The summed E-state index contributed by atoms with van der Waals surface area (Å²) in [5.74, 6) is -0.766. The van der Waals surface area contributed by atoms with E-state index in [1.165, 1.54) is 12.7 Å². The fourth-order valence-electron chi connectivity index (χ4n) is 4.10. The molecule has 1 saturated heterocycles. The van der Waals surface area contributed by atoms with Crippen molar-refractivity contribution in [2.45, 2.75) is 31.2 Å². The van der Waals surface area contributed by atoms with Gasteiger partial charge in [-0.25, -0.2) is 0 Å². The van der Waals surface area contributed by atoms with Gasteiger partial charge in [-0.2, -0.15) is 0 Å². The van der Waals surface area contributed by atoms with E-state index in [1.54, 1.807) is 0 Å². The highest BCUT2D eigenvalue weighted by atomic mass is 16.3. The van der Waals surface area contributed by atoms with E-state index in [-0.39, 0.29) is 41.6 Å². The number of fused-ring (bicyclic) bond motifs is 3. The topological polar surface area (TPSA) is 57.6 Å². The van der Waals surface area contributed by atoms with E-state index in [4.69, 9.17) is 1.43 Å². The fraction of sp³-hybridized carbons (Fsp3) is 0.467. The third-order valence-corrected chi connectivity index (χ3v) is 4.91. The molecular weight excluding hydrogens is 253 g/mol. The van der Waals surface area contributed by atoms with E-state index in [1.807, 2.05) is 18.2 Å². The third-order valence-electron chi connectivity index (χ3n) is 4.91. The number of imide groups is 1. The van der Waals surface area contributed by atoms with Crippen molar-refractivity contribution >= 4 is 19.6 Å². The van der Waals surface area contributed by atoms with Crippen molar-refractivity contribution in [2.75, 3.05) is 6.61 Å². The van der Waals surface area contributed by atoms with Gasteiger partial charge in [-0.1, -0.05) is 38.1 Å². The Morgan fingerprint density at radius 1 is 1.50 bits per heavy atom. The van der Waals surface area contributed by atoms with E-state index in [2.05, 4.69) is 25.0 Å². The lowest BCUT2D eigenvalue weighted by atomic mass is 9.76. The predicted molar refractivity (Wildman–Crippen MR) is 77.4 cm³/mol. The van der Waals surface area contributed by atoms with E-state index in [0.717, 1.165) is 11.1 Å². The second kappa shape index (κ2) is 4.19. The lowest BCUT2D eigenvalue weighted by Gasteiger charge is -2.27. The lowest BCUT2D eigenvalue weighted by Crippen LogP contribution is -2.43. The van der Waals surface area contributed by atoms with Crippen LogP contribution in [0.15, 0.2) is 24.3 Å². The molecule has 0 bridgehead atoms. The molecule has 20 heavy (non-hydrogen) atoms. The van der Waals surface area contributed by atoms with Crippen LogP contribution >= 0.6 is 0 Å². The summed E-state index contributed by atoms with van der Waals surface area (Å²) in [5, 5.41) is 4.55. The summed E-state index contributed by atoms with van der Waals surface area (Å²) < 4.78 is 7.05. The fourth-order valence-corrected chi connectivity index (χ4v) is 4.10. The number of carbonyl (C=O) groups excluding carboxylic acids is 2. The van der Waals surface area contributed by atoms with Gasteiger partial charge in [0.2, 0.25) is 15.2 Å². The first-order valence-electron chi connectivity index (χ1n) is 7.33. The van der Waals surface area contributed by atoms with Gasteiger partial charge in [0.1, 0.15) is 0 Å². The Morgan fingerprint density at radius 2 is 2.20 bits per heavy atom. The van der Waals surface area contributed by atoms with Crippen LogP contribution in [0.5, 0.6) is 0 Å². The summed E-state index contributed by atoms with van der Waals surface area (Å²) in [4.78, 5) is 26.0. The van der Waals surface area contributed by atoms with Crippen LogP contribution in [0.4, 0.5) is 4.79 Å². The minimum absolute atomic E-state index is 0.0525. The van der Waals surface area contributed by atoms with Gasteiger partial charge in [0.25, 0.3) is 0 Å². The van der Waals surface area contributed by atoms with Crippen LogP contribution in [0.3, 0.4) is 0 Å².